The highest BCUT2D eigenvalue weighted by atomic mass is 32.2. The Hall–Kier alpha value is -5.76. The van der Waals surface area contributed by atoms with Gasteiger partial charge in [0.2, 0.25) is 5.91 Å². The van der Waals surface area contributed by atoms with Crippen molar-refractivity contribution in [2.24, 2.45) is 17.6 Å². The molecule has 2 aromatic carbocycles. The van der Waals surface area contributed by atoms with Crippen LogP contribution in [0.2, 0.25) is 0 Å². The van der Waals surface area contributed by atoms with Gasteiger partial charge in [-0.1, -0.05) is 6.92 Å². The van der Waals surface area contributed by atoms with Gasteiger partial charge in [0.15, 0.2) is 6.61 Å². The van der Waals surface area contributed by atoms with Gasteiger partial charge >= 0.3 is 18.2 Å². The number of nitro benzene ring substituents is 2. The highest BCUT2D eigenvalue weighted by molar-refractivity contribution is 8.03. The molecule has 0 radical (unpaired) electrons. The van der Waals surface area contributed by atoms with Gasteiger partial charge in [-0.25, -0.2) is 14.4 Å². The van der Waals surface area contributed by atoms with Crippen LogP contribution in [-0.4, -0.2) is 97.9 Å². The Morgan fingerprint density at radius 2 is 1.55 bits per heavy atom. The molecule has 0 saturated carbocycles. The maximum Gasteiger partial charge on any atom is 0.410 e. The Labute approximate surface area is 305 Å². The summed E-state index contributed by atoms with van der Waals surface area (Å²) in [5.74, 6) is -3.10. The summed E-state index contributed by atoms with van der Waals surface area (Å²) in [7, 11) is 0. The van der Waals surface area contributed by atoms with E-state index < -0.39 is 76.4 Å². The van der Waals surface area contributed by atoms with Crippen molar-refractivity contribution in [1.29, 1.82) is 0 Å². The van der Waals surface area contributed by atoms with Crippen molar-refractivity contribution in [2.45, 2.75) is 56.9 Å². The Bertz CT molecular complexity index is 1820. The van der Waals surface area contributed by atoms with Crippen molar-refractivity contribution in [3.05, 3.63) is 90.5 Å². The molecule has 0 bridgehead atoms. The summed E-state index contributed by atoms with van der Waals surface area (Å²) >= 11 is 1.26. The molecule has 4 N–H and O–H groups in total. The summed E-state index contributed by atoms with van der Waals surface area (Å²) in [5, 5.41) is 34.6. The number of nitrogens with two attached hydrogens (primary N) is 1. The van der Waals surface area contributed by atoms with E-state index in [-0.39, 0.29) is 55.0 Å². The topological polar surface area (TPSA) is 264 Å². The summed E-state index contributed by atoms with van der Waals surface area (Å²) < 4.78 is 15.6. The summed E-state index contributed by atoms with van der Waals surface area (Å²) in [6.07, 6.45) is -2.60. The number of aliphatic hydroxyl groups excluding tert-OH is 1. The molecule has 53 heavy (non-hydrogen) atoms. The number of β-lactam (4-membered cyclic amide) rings is 1. The lowest BCUT2D eigenvalue weighted by Crippen LogP contribution is -2.63. The van der Waals surface area contributed by atoms with Crippen LogP contribution in [0.1, 0.15) is 31.4 Å². The summed E-state index contributed by atoms with van der Waals surface area (Å²) in [4.78, 5) is 87.7. The number of carbonyl (C=O) groups is 5. The largest absolute Gasteiger partial charge is 0.456 e. The number of hydrogen-bond acceptors (Lipinski definition) is 14. The van der Waals surface area contributed by atoms with Crippen molar-refractivity contribution in [3.8, 4) is 0 Å². The van der Waals surface area contributed by atoms with Crippen molar-refractivity contribution < 1.29 is 53.1 Å². The quantitative estimate of drug-likeness (QED) is 0.0822. The van der Waals surface area contributed by atoms with Crippen LogP contribution in [0.3, 0.4) is 0 Å². The SMILES string of the molecule is C[C@@H](O)[C@H]1C(=O)N2C(C(=O)OCc3ccc([N+](=O)[O-])cc3)=C(S[C@H]3C[C@@H](CNC(=O)COC(N)=O)N(C(=O)OCc4ccc([N+](=O)[O-])cc4)C3)[C@H](C)[C@H]12. The number of benzene rings is 2. The summed E-state index contributed by atoms with van der Waals surface area (Å²) in [6.45, 7) is 2.25. The molecular formula is C33H36N6O13S. The van der Waals surface area contributed by atoms with Crippen LogP contribution in [0.25, 0.3) is 0 Å². The molecule has 3 heterocycles. The van der Waals surface area contributed by atoms with Gasteiger partial charge in [-0.05, 0) is 48.7 Å². The molecule has 2 saturated heterocycles. The molecule has 282 valence electrons. The number of ether oxygens (including phenoxy) is 3. The molecule has 3 aliphatic rings. The van der Waals surface area contributed by atoms with Gasteiger partial charge in [-0.2, -0.15) is 0 Å². The Kier molecular flexibility index (Phi) is 11.8. The zero-order chi connectivity index (χ0) is 38.6. The first-order valence-corrected chi connectivity index (χ1v) is 17.2. The number of nitrogens with zero attached hydrogens (tertiary/aromatic N) is 4. The maximum atomic E-state index is 13.7. The Balaban J connectivity index is 1.34. The predicted molar refractivity (Wildman–Crippen MR) is 183 cm³/mol. The fourth-order valence-corrected chi connectivity index (χ4v) is 8.08. The first kappa shape index (κ1) is 38.5. The third kappa shape index (κ3) is 8.66. The minimum atomic E-state index is -1.14. The number of amides is 4. The van der Waals surface area contributed by atoms with Crippen LogP contribution in [0, 0.1) is 32.1 Å². The lowest BCUT2D eigenvalue weighted by atomic mass is 9.79. The number of nitro groups is 2. The van der Waals surface area contributed by atoms with Gasteiger partial charge in [0.1, 0.15) is 18.9 Å². The first-order valence-electron chi connectivity index (χ1n) is 16.3. The molecule has 0 spiro atoms. The number of carbonyl (C=O) groups excluding carboxylic acids is 5. The van der Waals surface area contributed by atoms with Crippen molar-refractivity contribution in [2.75, 3.05) is 19.7 Å². The van der Waals surface area contributed by atoms with Crippen LogP contribution in [-0.2, 0) is 41.8 Å². The highest BCUT2D eigenvalue weighted by Crippen LogP contribution is 2.52. The average Bonchev–Trinajstić information content (AvgIpc) is 3.63. The van der Waals surface area contributed by atoms with Crippen LogP contribution in [0.15, 0.2) is 59.1 Å². The fraction of sp³-hybridized carbons (Fsp3) is 0.424. The van der Waals surface area contributed by atoms with E-state index in [4.69, 9.17) is 15.2 Å². The number of nitrogens with one attached hydrogen (secondary N) is 1. The number of aliphatic hydroxyl groups is 1. The number of likely N-dealkylation sites (tertiary alicyclic amines) is 1. The molecule has 0 aliphatic carbocycles. The maximum absolute atomic E-state index is 13.7. The zero-order valence-corrected chi connectivity index (χ0v) is 29.3. The van der Waals surface area contributed by atoms with E-state index in [1.54, 1.807) is 0 Å². The van der Waals surface area contributed by atoms with Gasteiger partial charge in [-0.15, -0.1) is 11.8 Å². The number of hydrogen-bond donors (Lipinski definition) is 3. The minimum Gasteiger partial charge on any atom is -0.456 e. The van der Waals surface area contributed by atoms with Crippen LogP contribution >= 0.6 is 11.8 Å². The van der Waals surface area contributed by atoms with Crippen molar-refractivity contribution >= 4 is 53.1 Å². The first-order chi connectivity index (χ1) is 25.2. The lowest BCUT2D eigenvalue weighted by molar-refractivity contribution is -0.385. The van der Waals surface area contributed by atoms with E-state index >= 15 is 0 Å². The van der Waals surface area contributed by atoms with Crippen molar-refractivity contribution in [3.63, 3.8) is 0 Å². The number of esters is 1. The van der Waals surface area contributed by atoms with Crippen LogP contribution in [0.4, 0.5) is 21.0 Å². The van der Waals surface area contributed by atoms with Crippen LogP contribution < -0.4 is 11.1 Å². The number of primary amides is 1. The van der Waals surface area contributed by atoms with Gasteiger partial charge < -0.3 is 40.2 Å². The summed E-state index contributed by atoms with van der Waals surface area (Å²) in [5.41, 5.74) is 5.64. The van der Waals surface area contributed by atoms with E-state index in [1.807, 2.05) is 6.92 Å². The van der Waals surface area contributed by atoms with Gasteiger partial charge in [0, 0.05) is 53.4 Å². The fourth-order valence-electron chi connectivity index (χ4n) is 6.52. The minimum absolute atomic E-state index is 0.00367. The Morgan fingerprint density at radius 3 is 2.08 bits per heavy atom. The average molecular weight is 757 g/mol. The van der Waals surface area contributed by atoms with E-state index in [0.717, 1.165) is 0 Å². The smallest absolute Gasteiger partial charge is 0.410 e. The van der Waals surface area contributed by atoms with Crippen LogP contribution in [0.5, 0.6) is 0 Å². The molecule has 2 fully saturated rings. The molecule has 20 heteroatoms. The van der Waals surface area contributed by atoms with E-state index in [9.17, 15) is 49.3 Å². The van der Waals surface area contributed by atoms with E-state index in [0.29, 0.717) is 16.0 Å². The third-order valence-electron chi connectivity index (χ3n) is 9.11. The molecule has 6 atom stereocenters. The highest BCUT2D eigenvalue weighted by Gasteiger charge is 2.60. The number of non-ortho nitro benzene ring substituents is 2. The Morgan fingerprint density at radius 1 is 0.981 bits per heavy atom. The van der Waals surface area contributed by atoms with Gasteiger partial charge in [-0.3, -0.25) is 29.8 Å². The number of thioether (sulfide) groups is 1. The molecule has 4 amide bonds. The standard InChI is InChI=1S/C33H36N6O13S/c1-17-27-26(18(2)40)30(42)37(27)28(31(43)50-14-19-3-7-21(8-4-19)38(46)47)29(17)53-24-11-23(12-35-25(41)16-51-32(34)44)36(13-24)33(45)52-15-20-5-9-22(10-6-20)39(48)49/h3-10,17-18,23-24,26-27,40H,11-16H2,1-2H3,(H2,34,44)(H,35,41)/t17-,18-,23+,24+,26-,27-/m1/s1. The predicted octanol–water partition coefficient (Wildman–Crippen LogP) is 2.34. The second-order valence-electron chi connectivity index (χ2n) is 12.6. The second kappa shape index (κ2) is 16.3. The van der Waals surface area contributed by atoms with E-state index in [2.05, 4.69) is 10.1 Å². The van der Waals surface area contributed by atoms with E-state index in [1.165, 1.54) is 77.0 Å². The molecule has 19 nitrogen and oxygen atoms in total. The van der Waals surface area contributed by atoms with Gasteiger partial charge in [0.05, 0.1) is 34.0 Å². The molecular weight excluding hydrogens is 720 g/mol. The number of fused-ring (bicyclic) bond motifs is 1. The molecule has 3 aliphatic heterocycles. The number of rotatable bonds is 14. The molecule has 0 aromatic heterocycles. The zero-order valence-electron chi connectivity index (χ0n) is 28.4. The normalized spacial score (nSPS) is 22.4. The molecule has 2 aromatic rings. The van der Waals surface area contributed by atoms with Gasteiger partial charge in [0.25, 0.3) is 17.3 Å². The summed E-state index contributed by atoms with van der Waals surface area (Å²) in [6, 6.07) is 9.73. The molecule has 5 rings (SSSR count). The third-order valence-corrected chi connectivity index (χ3v) is 10.6. The monoisotopic (exact) mass is 756 g/mol. The lowest BCUT2D eigenvalue weighted by Gasteiger charge is -2.46. The molecule has 0 unspecified atom stereocenters. The second-order valence-corrected chi connectivity index (χ2v) is 14.0. The van der Waals surface area contributed by atoms with Crippen molar-refractivity contribution in [1.82, 2.24) is 15.1 Å².